The molecule has 0 aromatic carbocycles. The average molecular weight is 170 g/mol. The summed E-state index contributed by atoms with van der Waals surface area (Å²) in [7, 11) is 0. The Morgan fingerprint density at radius 2 is 1.33 bits per heavy atom. The van der Waals surface area contributed by atoms with Crippen molar-refractivity contribution in [1.29, 1.82) is 0 Å². The molecule has 0 radical (unpaired) electrons. The van der Waals surface area contributed by atoms with Crippen LogP contribution in [0.2, 0.25) is 0 Å². The van der Waals surface area contributed by atoms with Crippen molar-refractivity contribution in [2.24, 2.45) is 0 Å². The Hall–Kier alpha value is -0.541. The molecular formula is C4H6FeN2O2. The number of amides is 2. The van der Waals surface area contributed by atoms with Gasteiger partial charge in [0.05, 0.1) is 0 Å². The van der Waals surface area contributed by atoms with E-state index in [-0.39, 0.29) is 17.1 Å². The molecule has 52 valence electrons. The Kier molecular flexibility index (Phi) is 3.27. The molecule has 1 saturated heterocycles. The minimum absolute atomic E-state index is 0. The number of hydrogen-bond donors (Lipinski definition) is 2. The normalized spacial score (nSPS) is 17.3. The van der Waals surface area contributed by atoms with Crippen LogP contribution in [0.3, 0.4) is 0 Å². The van der Waals surface area contributed by atoms with Gasteiger partial charge in [0.2, 0.25) is 0 Å². The molecule has 9 heavy (non-hydrogen) atoms. The van der Waals surface area contributed by atoms with Gasteiger partial charge in [0.25, 0.3) is 0 Å². The van der Waals surface area contributed by atoms with Gasteiger partial charge >= 0.3 is 11.8 Å². The summed E-state index contributed by atoms with van der Waals surface area (Å²) in [5.74, 6) is -1.06. The smallest absolute Gasteiger partial charge is 0.309 e. The van der Waals surface area contributed by atoms with Gasteiger partial charge in [0.1, 0.15) is 0 Å². The summed E-state index contributed by atoms with van der Waals surface area (Å²) in [6.07, 6.45) is 0. The van der Waals surface area contributed by atoms with Gasteiger partial charge < -0.3 is 10.6 Å². The molecule has 0 aliphatic carbocycles. The predicted molar refractivity (Wildman–Crippen MR) is 26.0 cm³/mol. The van der Waals surface area contributed by atoms with Crippen molar-refractivity contribution in [2.75, 3.05) is 13.1 Å². The van der Waals surface area contributed by atoms with E-state index in [0.717, 1.165) is 0 Å². The number of carbonyl (C=O) groups is 2. The Morgan fingerprint density at radius 3 is 1.56 bits per heavy atom. The standard InChI is InChI=1S/C4H6N2O2.Fe/c7-3-4(8)6-2-1-5-3;/h1-2H2,(H,5,7)(H,6,8);. The van der Waals surface area contributed by atoms with E-state index in [1.54, 1.807) is 0 Å². The molecule has 1 fully saturated rings. The van der Waals surface area contributed by atoms with E-state index in [4.69, 9.17) is 0 Å². The third kappa shape index (κ3) is 2.03. The van der Waals surface area contributed by atoms with Crippen LogP contribution in [-0.4, -0.2) is 24.9 Å². The fourth-order valence-corrected chi connectivity index (χ4v) is 0.513. The van der Waals surface area contributed by atoms with E-state index in [0.29, 0.717) is 13.1 Å². The molecule has 1 rings (SSSR count). The van der Waals surface area contributed by atoms with Crippen molar-refractivity contribution in [2.45, 2.75) is 0 Å². The SMILES string of the molecule is O=C1NCCNC1=O.[Fe]. The molecule has 4 nitrogen and oxygen atoms in total. The molecule has 0 bridgehead atoms. The summed E-state index contributed by atoms with van der Waals surface area (Å²) >= 11 is 0. The topological polar surface area (TPSA) is 58.2 Å². The van der Waals surface area contributed by atoms with E-state index >= 15 is 0 Å². The Morgan fingerprint density at radius 1 is 1.00 bits per heavy atom. The summed E-state index contributed by atoms with van der Waals surface area (Å²) in [6.45, 7) is 1.09. The van der Waals surface area contributed by atoms with Crippen molar-refractivity contribution in [3.63, 3.8) is 0 Å². The number of hydrogen-bond acceptors (Lipinski definition) is 2. The second-order valence-corrected chi connectivity index (χ2v) is 1.51. The summed E-state index contributed by atoms with van der Waals surface area (Å²) in [4.78, 5) is 20.5. The maximum absolute atomic E-state index is 10.3. The Labute approximate surface area is 62.8 Å². The van der Waals surface area contributed by atoms with E-state index in [9.17, 15) is 9.59 Å². The molecule has 1 heterocycles. The van der Waals surface area contributed by atoms with Gasteiger partial charge in [0, 0.05) is 30.2 Å². The number of nitrogens with one attached hydrogen (secondary N) is 2. The molecule has 2 N–H and O–H groups in total. The first kappa shape index (κ1) is 8.46. The van der Waals surface area contributed by atoms with E-state index in [1.165, 1.54) is 0 Å². The third-order valence-electron chi connectivity index (χ3n) is 0.902. The largest absolute Gasteiger partial charge is 0.346 e. The summed E-state index contributed by atoms with van der Waals surface area (Å²) < 4.78 is 0. The zero-order valence-electron chi connectivity index (χ0n) is 4.58. The van der Waals surface area contributed by atoms with Gasteiger partial charge in [-0.3, -0.25) is 9.59 Å². The maximum Gasteiger partial charge on any atom is 0.309 e. The zero-order chi connectivity index (χ0) is 5.98. The molecular weight excluding hydrogens is 164 g/mol. The van der Waals surface area contributed by atoms with Crippen molar-refractivity contribution in [3.8, 4) is 0 Å². The monoisotopic (exact) mass is 170 g/mol. The van der Waals surface area contributed by atoms with E-state index in [1.807, 2.05) is 0 Å². The minimum Gasteiger partial charge on any atom is -0.346 e. The second kappa shape index (κ2) is 3.48. The van der Waals surface area contributed by atoms with Gasteiger partial charge in [-0.15, -0.1) is 0 Å². The molecule has 0 aromatic rings. The van der Waals surface area contributed by atoms with E-state index < -0.39 is 11.8 Å². The van der Waals surface area contributed by atoms with Gasteiger partial charge in [0.15, 0.2) is 0 Å². The molecule has 2 amide bonds. The van der Waals surface area contributed by atoms with Crippen LogP contribution >= 0.6 is 0 Å². The average Bonchev–Trinajstić information content (AvgIpc) is 1.77. The molecule has 0 aromatic heterocycles. The third-order valence-corrected chi connectivity index (χ3v) is 0.902. The van der Waals surface area contributed by atoms with Crippen LogP contribution < -0.4 is 10.6 Å². The van der Waals surface area contributed by atoms with E-state index in [2.05, 4.69) is 10.6 Å². The fourth-order valence-electron chi connectivity index (χ4n) is 0.513. The van der Waals surface area contributed by atoms with Crippen LogP contribution in [0.25, 0.3) is 0 Å². The van der Waals surface area contributed by atoms with Crippen molar-refractivity contribution >= 4 is 11.8 Å². The van der Waals surface area contributed by atoms with Gasteiger partial charge in [-0.2, -0.15) is 0 Å². The summed E-state index contributed by atoms with van der Waals surface area (Å²) in [5.41, 5.74) is 0. The number of carbonyl (C=O) groups excluding carboxylic acids is 2. The fraction of sp³-hybridized carbons (Fsp3) is 0.500. The van der Waals surface area contributed by atoms with Crippen molar-refractivity contribution in [3.05, 3.63) is 0 Å². The number of rotatable bonds is 0. The van der Waals surface area contributed by atoms with Crippen LogP contribution in [0.15, 0.2) is 0 Å². The predicted octanol–water partition coefficient (Wildman–Crippen LogP) is -1.77. The quantitative estimate of drug-likeness (QED) is 0.334. The van der Waals surface area contributed by atoms with Crippen LogP contribution in [-0.2, 0) is 26.7 Å². The first-order valence-electron chi connectivity index (χ1n) is 2.37. The first-order valence-corrected chi connectivity index (χ1v) is 2.37. The molecule has 0 saturated carbocycles. The summed E-state index contributed by atoms with van der Waals surface area (Å²) in [5, 5.41) is 4.76. The Bertz CT molecular complexity index is 121. The second-order valence-electron chi connectivity index (χ2n) is 1.51. The van der Waals surface area contributed by atoms with Crippen LogP contribution in [0.4, 0.5) is 0 Å². The molecule has 5 heteroatoms. The summed E-state index contributed by atoms with van der Waals surface area (Å²) in [6, 6.07) is 0. The van der Waals surface area contributed by atoms with Crippen LogP contribution in [0.1, 0.15) is 0 Å². The molecule has 0 spiro atoms. The van der Waals surface area contributed by atoms with Gasteiger partial charge in [-0.05, 0) is 0 Å². The number of piperazine rings is 1. The molecule has 1 aliphatic heterocycles. The Balaban J connectivity index is 0.000000640. The van der Waals surface area contributed by atoms with Crippen molar-refractivity contribution in [1.82, 2.24) is 10.6 Å². The van der Waals surface area contributed by atoms with Crippen LogP contribution in [0.5, 0.6) is 0 Å². The van der Waals surface area contributed by atoms with Crippen molar-refractivity contribution < 1.29 is 26.7 Å². The minimum atomic E-state index is -0.531. The van der Waals surface area contributed by atoms with Gasteiger partial charge in [-0.1, -0.05) is 0 Å². The maximum atomic E-state index is 10.3. The first-order chi connectivity index (χ1) is 3.80. The molecule has 0 atom stereocenters. The molecule has 0 unspecified atom stereocenters. The molecule has 1 aliphatic rings. The van der Waals surface area contributed by atoms with Crippen LogP contribution in [0, 0.1) is 0 Å². The zero-order valence-corrected chi connectivity index (χ0v) is 5.69. The van der Waals surface area contributed by atoms with Gasteiger partial charge in [-0.25, -0.2) is 0 Å².